The molecule has 0 aliphatic heterocycles. The number of hydrogen-bond acceptors (Lipinski definition) is 5. The van der Waals surface area contributed by atoms with E-state index in [4.69, 9.17) is 14.2 Å². The van der Waals surface area contributed by atoms with E-state index >= 15 is 0 Å². The number of hydrogen-bond donors (Lipinski definition) is 1. The molecule has 0 spiro atoms. The molecule has 1 aromatic rings. The highest BCUT2D eigenvalue weighted by atomic mass is 16.7. The van der Waals surface area contributed by atoms with Crippen LogP contribution >= 0.6 is 0 Å². The summed E-state index contributed by atoms with van der Waals surface area (Å²) in [4.78, 5) is 4.14. The predicted octanol–water partition coefficient (Wildman–Crippen LogP) is 1.12. The fourth-order valence-electron chi connectivity index (χ4n) is 1.13. The fourth-order valence-corrected chi connectivity index (χ4v) is 1.13. The van der Waals surface area contributed by atoms with Gasteiger partial charge in [-0.2, -0.15) is 0 Å². The Kier molecular flexibility index (Phi) is 4.86. The Morgan fingerprint density at radius 2 is 2.07 bits per heavy atom. The first-order valence-corrected chi connectivity index (χ1v) is 4.60. The van der Waals surface area contributed by atoms with Crippen LogP contribution in [0, 0.1) is 0 Å². The highest BCUT2D eigenvalue weighted by Crippen LogP contribution is 2.19. The van der Waals surface area contributed by atoms with Crippen molar-refractivity contribution in [2.75, 3.05) is 33.2 Å². The minimum Gasteiger partial charge on any atom is -0.493 e. The minimum absolute atomic E-state index is 0.295. The molecular weight excluding hydrogens is 196 g/mol. The summed E-state index contributed by atoms with van der Waals surface area (Å²) < 4.78 is 15.2. The highest BCUT2D eigenvalue weighted by molar-refractivity contribution is 5.49. The van der Waals surface area contributed by atoms with E-state index in [1.54, 1.807) is 27.5 Å². The lowest BCUT2D eigenvalue weighted by Gasteiger charge is -2.15. The van der Waals surface area contributed by atoms with Gasteiger partial charge in [-0.25, -0.2) is 4.98 Å². The topological polar surface area (TPSA) is 52.6 Å². The van der Waals surface area contributed by atoms with E-state index < -0.39 is 0 Å². The molecule has 0 fully saturated rings. The second-order valence-electron chi connectivity index (χ2n) is 2.84. The summed E-state index contributed by atoms with van der Waals surface area (Å²) in [7, 11) is 4.78. The lowest BCUT2D eigenvalue weighted by Crippen LogP contribution is -2.24. The molecule has 5 nitrogen and oxygen atoms in total. The van der Waals surface area contributed by atoms with Crippen molar-refractivity contribution in [3.05, 3.63) is 18.3 Å². The molecule has 0 amide bonds. The summed E-state index contributed by atoms with van der Waals surface area (Å²) >= 11 is 0. The summed E-state index contributed by atoms with van der Waals surface area (Å²) in [6, 6.07) is 3.65. The van der Waals surface area contributed by atoms with Gasteiger partial charge in [0.1, 0.15) is 0 Å². The predicted molar refractivity (Wildman–Crippen MR) is 57.1 cm³/mol. The summed E-state index contributed by atoms with van der Waals surface area (Å²) in [5, 5.41) is 3.08. The summed E-state index contributed by atoms with van der Waals surface area (Å²) in [6.45, 7) is 0.514. The molecule has 0 unspecified atom stereocenters. The molecule has 0 saturated carbocycles. The standard InChI is InChI=1S/C10H16N2O3/c1-13-8-5-4-6-11-10(8)12-7-9(14-2)15-3/h4-6,9H,7H2,1-3H3,(H,11,12). The van der Waals surface area contributed by atoms with Gasteiger partial charge < -0.3 is 19.5 Å². The molecule has 0 aliphatic carbocycles. The monoisotopic (exact) mass is 212 g/mol. The maximum atomic E-state index is 5.14. The fraction of sp³-hybridized carbons (Fsp3) is 0.500. The summed E-state index contributed by atoms with van der Waals surface area (Å²) in [6.07, 6.45) is 1.40. The maximum absolute atomic E-state index is 5.14. The third kappa shape index (κ3) is 3.38. The zero-order chi connectivity index (χ0) is 11.1. The van der Waals surface area contributed by atoms with Crippen LogP contribution in [0.15, 0.2) is 18.3 Å². The van der Waals surface area contributed by atoms with Crippen molar-refractivity contribution < 1.29 is 14.2 Å². The van der Waals surface area contributed by atoms with Crippen LogP contribution < -0.4 is 10.1 Å². The molecule has 0 aromatic carbocycles. The zero-order valence-electron chi connectivity index (χ0n) is 9.19. The van der Waals surface area contributed by atoms with Gasteiger partial charge in [0.05, 0.1) is 13.7 Å². The van der Waals surface area contributed by atoms with Gasteiger partial charge in [0.2, 0.25) is 0 Å². The number of methoxy groups -OCH3 is 3. The maximum Gasteiger partial charge on any atom is 0.173 e. The number of aromatic nitrogens is 1. The van der Waals surface area contributed by atoms with Crippen molar-refractivity contribution in [2.24, 2.45) is 0 Å². The van der Waals surface area contributed by atoms with Crippen LogP contribution in [-0.2, 0) is 9.47 Å². The van der Waals surface area contributed by atoms with Gasteiger partial charge in [0, 0.05) is 20.4 Å². The first kappa shape index (κ1) is 11.7. The molecule has 1 heterocycles. The van der Waals surface area contributed by atoms with Crippen LogP contribution in [0.1, 0.15) is 0 Å². The third-order valence-corrected chi connectivity index (χ3v) is 1.95. The van der Waals surface area contributed by atoms with Crippen molar-refractivity contribution >= 4 is 5.82 Å². The van der Waals surface area contributed by atoms with Crippen LogP contribution in [0.5, 0.6) is 5.75 Å². The first-order valence-electron chi connectivity index (χ1n) is 4.60. The average Bonchev–Trinajstić information content (AvgIpc) is 2.31. The van der Waals surface area contributed by atoms with E-state index in [-0.39, 0.29) is 6.29 Å². The number of anilines is 1. The zero-order valence-corrected chi connectivity index (χ0v) is 9.19. The van der Waals surface area contributed by atoms with Crippen molar-refractivity contribution in [2.45, 2.75) is 6.29 Å². The quantitative estimate of drug-likeness (QED) is 0.716. The number of nitrogens with zero attached hydrogens (tertiary/aromatic N) is 1. The SMILES string of the molecule is COc1cccnc1NCC(OC)OC. The Balaban J connectivity index is 2.56. The van der Waals surface area contributed by atoms with E-state index in [2.05, 4.69) is 10.3 Å². The van der Waals surface area contributed by atoms with Gasteiger partial charge in [-0.05, 0) is 12.1 Å². The Hall–Kier alpha value is -1.33. The van der Waals surface area contributed by atoms with Gasteiger partial charge in [0.15, 0.2) is 17.9 Å². The second-order valence-corrected chi connectivity index (χ2v) is 2.84. The van der Waals surface area contributed by atoms with Gasteiger partial charge in [0.25, 0.3) is 0 Å². The minimum atomic E-state index is -0.295. The van der Waals surface area contributed by atoms with Crippen LogP contribution in [-0.4, -0.2) is 39.1 Å². The second kappa shape index (κ2) is 6.21. The molecule has 0 bridgehead atoms. The molecule has 15 heavy (non-hydrogen) atoms. The smallest absolute Gasteiger partial charge is 0.173 e. The van der Waals surface area contributed by atoms with Gasteiger partial charge >= 0.3 is 0 Å². The largest absolute Gasteiger partial charge is 0.493 e. The van der Waals surface area contributed by atoms with E-state index in [9.17, 15) is 0 Å². The lowest BCUT2D eigenvalue weighted by molar-refractivity contribution is -0.0914. The Morgan fingerprint density at radius 3 is 2.67 bits per heavy atom. The molecule has 84 valence electrons. The molecule has 1 aromatic heterocycles. The van der Waals surface area contributed by atoms with E-state index in [0.717, 1.165) is 0 Å². The number of rotatable bonds is 6. The molecule has 0 atom stereocenters. The van der Waals surface area contributed by atoms with Gasteiger partial charge in [-0.15, -0.1) is 0 Å². The lowest BCUT2D eigenvalue weighted by atomic mass is 10.4. The Labute approximate surface area is 89.4 Å². The highest BCUT2D eigenvalue weighted by Gasteiger charge is 2.07. The summed E-state index contributed by atoms with van der Waals surface area (Å²) in [5.74, 6) is 1.38. The molecule has 5 heteroatoms. The van der Waals surface area contributed by atoms with E-state index in [1.807, 2.05) is 12.1 Å². The normalized spacial score (nSPS) is 10.4. The van der Waals surface area contributed by atoms with Gasteiger partial charge in [-0.1, -0.05) is 0 Å². The molecule has 0 radical (unpaired) electrons. The molecule has 1 N–H and O–H groups in total. The van der Waals surface area contributed by atoms with Crippen LogP contribution in [0.4, 0.5) is 5.82 Å². The van der Waals surface area contributed by atoms with Crippen LogP contribution in [0.25, 0.3) is 0 Å². The van der Waals surface area contributed by atoms with Crippen molar-refractivity contribution in [1.82, 2.24) is 4.98 Å². The molecule has 1 rings (SSSR count). The van der Waals surface area contributed by atoms with E-state index in [1.165, 1.54) is 0 Å². The van der Waals surface area contributed by atoms with Gasteiger partial charge in [-0.3, -0.25) is 0 Å². The average molecular weight is 212 g/mol. The molecular formula is C10H16N2O3. The third-order valence-electron chi connectivity index (χ3n) is 1.95. The van der Waals surface area contributed by atoms with E-state index in [0.29, 0.717) is 18.1 Å². The summed E-state index contributed by atoms with van der Waals surface area (Å²) in [5.41, 5.74) is 0. The first-order chi connectivity index (χ1) is 7.31. The van der Waals surface area contributed by atoms with Crippen molar-refractivity contribution in [1.29, 1.82) is 0 Å². The number of pyridine rings is 1. The Morgan fingerprint density at radius 1 is 1.33 bits per heavy atom. The van der Waals surface area contributed by atoms with Crippen molar-refractivity contribution in [3.8, 4) is 5.75 Å². The molecule has 0 aliphatic rings. The number of ether oxygens (including phenoxy) is 3. The number of nitrogens with one attached hydrogen (secondary N) is 1. The Bertz CT molecular complexity index is 290. The van der Waals surface area contributed by atoms with Crippen molar-refractivity contribution in [3.63, 3.8) is 0 Å². The van der Waals surface area contributed by atoms with Crippen LogP contribution in [0.2, 0.25) is 0 Å². The van der Waals surface area contributed by atoms with Crippen LogP contribution in [0.3, 0.4) is 0 Å². The molecule has 0 saturated heterocycles.